The molecule has 0 aliphatic rings. The molecule has 0 amide bonds. The third kappa shape index (κ3) is 2.31. The van der Waals surface area contributed by atoms with Gasteiger partial charge in [-0.25, -0.2) is 4.98 Å². The van der Waals surface area contributed by atoms with Crippen LogP contribution in [-0.4, -0.2) is 33.8 Å². The summed E-state index contributed by atoms with van der Waals surface area (Å²) in [6.07, 6.45) is 1.76. The summed E-state index contributed by atoms with van der Waals surface area (Å²) in [5.41, 5.74) is 0. The lowest BCUT2D eigenvalue weighted by Gasteiger charge is -2.04. The Labute approximate surface area is 66.8 Å². The molecule has 0 aliphatic carbocycles. The average molecular weight is 154 g/mol. The predicted molar refractivity (Wildman–Crippen MR) is 43.1 cm³/mol. The normalized spacial score (nSPS) is 10.9. The van der Waals surface area contributed by atoms with Gasteiger partial charge in [-0.05, 0) is 21.0 Å². The topological polar surface area (TPSA) is 34.0 Å². The summed E-state index contributed by atoms with van der Waals surface area (Å²) < 4.78 is 1.83. The van der Waals surface area contributed by atoms with Crippen LogP contribution in [0.5, 0.6) is 0 Å². The van der Waals surface area contributed by atoms with E-state index in [0.717, 1.165) is 18.9 Å². The second-order valence-electron chi connectivity index (χ2n) is 2.75. The van der Waals surface area contributed by atoms with Gasteiger partial charge >= 0.3 is 0 Å². The number of aromatic nitrogens is 3. The van der Waals surface area contributed by atoms with Crippen LogP contribution in [0, 0.1) is 0 Å². The molecule has 1 heterocycles. The van der Waals surface area contributed by atoms with E-state index in [1.54, 1.807) is 6.33 Å². The van der Waals surface area contributed by atoms with Crippen molar-refractivity contribution in [1.29, 1.82) is 0 Å². The summed E-state index contributed by atoms with van der Waals surface area (Å²) in [4.78, 5) is 6.19. The second kappa shape index (κ2) is 3.48. The highest BCUT2D eigenvalue weighted by Crippen LogP contribution is 1.92. The maximum absolute atomic E-state index is 4.23. The largest absolute Gasteiger partial charge is 0.302 e. The molecular weight excluding hydrogens is 140 g/mol. The van der Waals surface area contributed by atoms with Crippen LogP contribution in [0.15, 0.2) is 6.33 Å². The molecule has 4 heteroatoms. The number of rotatable bonds is 3. The average Bonchev–Trinajstić information content (AvgIpc) is 2.34. The van der Waals surface area contributed by atoms with Crippen LogP contribution in [-0.2, 0) is 13.1 Å². The Morgan fingerprint density at radius 2 is 2.27 bits per heavy atom. The number of nitrogens with zero attached hydrogens (tertiary/aromatic N) is 4. The zero-order valence-electron chi connectivity index (χ0n) is 7.28. The van der Waals surface area contributed by atoms with E-state index < -0.39 is 0 Å². The van der Waals surface area contributed by atoms with E-state index >= 15 is 0 Å². The van der Waals surface area contributed by atoms with Gasteiger partial charge in [0.25, 0.3) is 0 Å². The van der Waals surface area contributed by atoms with E-state index in [4.69, 9.17) is 0 Å². The molecule has 0 aromatic carbocycles. The summed E-state index contributed by atoms with van der Waals surface area (Å²) >= 11 is 0. The Morgan fingerprint density at radius 3 is 2.73 bits per heavy atom. The molecule has 0 N–H and O–H groups in total. The molecule has 1 aromatic rings. The Bertz CT molecular complexity index is 216. The lowest BCUT2D eigenvalue weighted by Crippen LogP contribution is -2.12. The minimum atomic E-state index is 0.812. The van der Waals surface area contributed by atoms with Gasteiger partial charge in [0.2, 0.25) is 0 Å². The second-order valence-corrected chi connectivity index (χ2v) is 2.75. The fraction of sp³-hybridized carbons (Fsp3) is 0.714. The third-order valence-electron chi connectivity index (χ3n) is 1.37. The maximum atomic E-state index is 4.23. The highest BCUT2D eigenvalue weighted by atomic mass is 15.3. The summed E-state index contributed by atoms with van der Waals surface area (Å²) in [5, 5.41) is 4.23. The molecule has 1 rings (SSSR count). The minimum absolute atomic E-state index is 0.812. The van der Waals surface area contributed by atoms with E-state index in [1.807, 2.05) is 25.7 Å². The van der Waals surface area contributed by atoms with Gasteiger partial charge in [-0.1, -0.05) is 0 Å². The summed E-state index contributed by atoms with van der Waals surface area (Å²) in [6, 6.07) is 0. The quantitative estimate of drug-likeness (QED) is 0.630. The van der Waals surface area contributed by atoms with Crippen molar-refractivity contribution in [1.82, 2.24) is 19.7 Å². The van der Waals surface area contributed by atoms with Crippen molar-refractivity contribution in [2.75, 3.05) is 14.1 Å². The predicted octanol–water partition coefficient (Wildman–Crippen LogP) is 0.360. The molecule has 0 saturated carbocycles. The van der Waals surface area contributed by atoms with Gasteiger partial charge in [-0.15, -0.1) is 0 Å². The summed E-state index contributed by atoms with van der Waals surface area (Å²) in [6.45, 7) is 3.75. The van der Waals surface area contributed by atoms with E-state index in [2.05, 4.69) is 15.0 Å². The van der Waals surface area contributed by atoms with Gasteiger partial charge < -0.3 is 4.90 Å². The Hall–Kier alpha value is -0.900. The first-order valence-electron chi connectivity index (χ1n) is 3.75. The molecule has 0 spiro atoms. The van der Waals surface area contributed by atoms with Crippen LogP contribution in [0.3, 0.4) is 0 Å². The molecular formula is C7H14N4. The number of aryl methyl sites for hydroxylation is 1. The van der Waals surface area contributed by atoms with Crippen molar-refractivity contribution in [3.8, 4) is 0 Å². The van der Waals surface area contributed by atoms with E-state index in [1.165, 1.54) is 0 Å². The van der Waals surface area contributed by atoms with Crippen molar-refractivity contribution in [2.24, 2.45) is 0 Å². The first-order chi connectivity index (χ1) is 5.22. The monoisotopic (exact) mass is 154 g/mol. The minimum Gasteiger partial charge on any atom is -0.302 e. The zero-order valence-corrected chi connectivity index (χ0v) is 7.28. The highest BCUT2D eigenvalue weighted by Gasteiger charge is 1.99. The van der Waals surface area contributed by atoms with Crippen LogP contribution in [0.4, 0.5) is 0 Å². The molecule has 0 aliphatic heterocycles. The highest BCUT2D eigenvalue weighted by molar-refractivity contribution is 4.80. The number of hydrogen-bond donors (Lipinski definition) is 0. The Balaban J connectivity index is 2.58. The van der Waals surface area contributed by atoms with E-state index in [9.17, 15) is 0 Å². The van der Waals surface area contributed by atoms with Gasteiger partial charge in [-0.3, -0.25) is 4.68 Å². The zero-order chi connectivity index (χ0) is 8.27. The van der Waals surface area contributed by atoms with E-state index in [-0.39, 0.29) is 0 Å². The molecule has 0 fully saturated rings. The van der Waals surface area contributed by atoms with Crippen LogP contribution in [0.1, 0.15) is 12.7 Å². The Kier molecular flexibility index (Phi) is 2.59. The first kappa shape index (κ1) is 8.20. The summed E-state index contributed by atoms with van der Waals surface area (Å²) in [5.74, 6) is 0.886. The van der Waals surface area contributed by atoms with Gasteiger partial charge in [0, 0.05) is 6.54 Å². The van der Waals surface area contributed by atoms with Crippen molar-refractivity contribution in [3.63, 3.8) is 0 Å². The lowest BCUT2D eigenvalue weighted by molar-refractivity contribution is 0.389. The van der Waals surface area contributed by atoms with Crippen molar-refractivity contribution in [3.05, 3.63) is 12.2 Å². The Morgan fingerprint density at radius 1 is 1.55 bits per heavy atom. The van der Waals surface area contributed by atoms with Crippen molar-refractivity contribution >= 4 is 0 Å². The molecule has 4 nitrogen and oxygen atoms in total. The molecule has 62 valence electrons. The standard InChI is InChI=1S/C7H14N4/c1-4-11-6-8-7(9-11)5-10(2)3/h6H,4-5H2,1-3H3. The first-order valence-corrected chi connectivity index (χ1v) is 3.75. The van der Waals surface area contributed by atoms with Gasteiger partial charge in [0.1, 0.15) is 6.33 Å². The lowest BCUT2D eigenvalue weighted by atomic mass is 10.6. The molecule has 1 aromatic heterocycles. The fourth-order valence-electron chi connectivity index (χ4n) is 0.841. The summed E-state index contributed by atoms with van der Waals surface area (Å²) in [7, 11) is 4.01. The SMILES string of the molecule is CCn1cnc(CN(C)C)n1. The van der Waals surface area contributed by atoms with Crippen LogP contribution < -0.4 is 0 Å². The van der Waals surface area contributed by atoms with Gasteiger partial charge in [-0.2, -0.15) is 5.10 Å². The van der Waals surface area contributed by atoms with Crippen molar-refractivity contribution in [2.45, 2.75) is 20.0 Å². The molecule has 0 radical (unpaired) electrons. The third-order valence-corrected chi connectivity index (χ3v) is 1.37. The molecule has 11 heavy (non-hydrogen) atoms. The smallest absolute Gasteiger partial charge is 0.164 e. The molecule has 0 unspecified atom stereocenters. The van der Waals surface area contributed by atoms with Crippen LogP contribution >= 0.6 is 0 Å². The fourth-order valence-corrected chi connectivity index (χ4v) is 0.841. The molecule has 0 saturated heterocycles. The van der Waals surface area contributed by atoms with Crippen LogP contribution in [0.2, 0.25) is 0 Å². The maximum Gasteiger partial charge on any atom is 0.164 e. The number of hydrogen-bond acceptors (Lipinski definition) is 3. The van der Waals surface area contributed by atoms with Crippen LogP contribution in [0.25, 0.3) is 0 Å². The molecule has 0 bridgehead atoms. The molecule has 0 atom stereocenters. The van der Waals surface area contributed by atoms with Gasteiger partial charge in [0.15, 0.2) is 5.82 Å². The van der Waals surface area contributed by atoms with E-state index in [0.29, 0.717) is 0 Å². The van der Waals surface area contributed by atoms with Gasteiger partial charge in [0.05, 0.1) is 6.54 Å². The van der Waals surface area contributed by atoms with Crippen molar-refractivity contribution < 1.29 is 0 Å².